The van der Waals surface area contributed by atoms with E-state index in [0.29, 0.717) is 19.0 Å². The summed E-state index contributed by atoms with van der Waals surface area (Å²) in [6, 6.07) is 13.7. The molecule has 0 fully saturated rings. The molecule has 0 aliphatic heterocycles. The van der Waals surface area contributed by atoms with Gasteiger partial charge in [-0.1, -0.05) is 30.3 Å². The Hall–Kier alpha value is -2.03. The molecule has 130 valence electrons. The summed E-state index contributed by atoms with van der Waals surface area (Å²) in [5.74, 6) is 1.36. The summed E-state index contributed by atoms with van der Waals surface area (Å²) in [6.45, 7) is 1.22. The van der Waals surface area contributed by atoms with Crippen molar-refractivity contribution in [3.63, 3.8) is 0 Å². The number of rotatable bonds is 6. The SMILES string of the molecule is CN(C)C(=O)CNC(=NCc1ccccc1)NCc1ccco1.I. The first-order valence-electron chi connectivity index (χ1n) is 7.44. The minimum atomic E-state index is -0.0165. The van der Waals surface area contributed by atoms with Crippen molar-refractivity contribution >= 4 is 35.8 Å². The van der Waals surface area contributed by atoms with Gasteiger partial charge < -0.3 is 20.0 Å². The summed E-state index contributed by atoms with van der Waals surface area (Å²) >= 11 is 0. The number of halogens is 1. The first-order valence-corrected chi connectivity index (χ1v) is 7.44. The summed E-state index contributed by atoms with van der Waals surface area (Å²) in [6.07, 6.45) is 1.63. The molecule has 0 bridgehead atoms. The van der Waals surface area contributed by atoms with Crippen LogP contribution in [0, 0.1) is 0 Å². The van der Waals surface area contributed by atoms with Crippen LogP contribution < -0.4 is 10.6 Å². The van der Waals surface area contributed by atoms with Crippen LogP contribution in [-0.2, 0) is 17.9 Å². The van der Waals surface area contributed by atoms with Crippen LogP contribution in [0.5, 0.6) is 0 Å². The lowest BCUT2D eigenvalue weighted by atomic mass is 10.2. The molecule has 0 aliphatic carbocycles. The topological polar surface area (TPSA) is 69.9 Å². The zero-order chi connectivity index (χ0) is 16.5. The van der Waals surface area contributed by atoms with Crippen molar-refractivity contribution in [1.29, 1.82) is 0 Å². The largest absolute Gasteiger partial charge is 0.467 e. The number of hydrogen-bond donors (Lipinski definition) is 2. The van der Waals surface area contributed by atoms with E-state index in [0.717, 1.165) is 11.3 Å². The highest BCUT2D eigenvalue weighted by atomic mass is 127. The van der Waals surface area contributed by atoms with Crippen LogP contribution in [0.1, 0.15) is 11.3 Å². The van der Waals surface area contributed by atoms with Crippen molar-refractivity contribution in [3.8, 4) is 0 Å². The Labute approximate surface area is 159 Å². The van der Waals surface area contributed by atoms with Crippen LogP contribution in [0.2, 0.25) is 0 Å². The van der Waals surface area contributed by atoms with Gasteiger partial charge in [0, 0.05) is 14.1 Å². The van der Waals surface area contributed by atoms with Crippen LogP contribution in [-0.4, -0.2) is 37.4 Å². The van der Waals surface area contributed by atoms with E-state index >= 15 is 0 Å². The van der Waals surface area contributed by atoms with Crippen molar-refractivity contribution in [2.75, 3.05) is 20.6 Å². The molecule has 0 spiro atoms. The van der Waals surface area contributed by atoms with Crippen LogP contribution in [0.15, 0.2) is 58.1 Å². The Morgan fingerprint density at radius 1 is 1.12 bits per heavy atom. The lowest BCUT2D eigenvalue weighted by Gasteiger charge is -2.14. The predicted molar refractivity (Wildman–Crippen MR) is 105 cm³/mol. The van der Waals surface area contributed by atoms with Gasteiger partial charge in [0.05, 0.1) is 25.9 Å². The third-order valence-electron chi connectivity index (χ3n) is 3.18. The van der Waals surface area contributed by atoms with E-state index < -0.39 is 0 Å². The number of amides is 1. The van der Waals surface area contributed by atoms with Crippen LogP contribution in [0.3, 0.4) is 0 Å². The second-order valence-corrected chi connectivity index (χ2v) is 5.23. The number of nitrogens with zero attached hydrogens (tertiary/aromatic N) is 2. The van der Waals surface area contributed by atoms with E-state index in [9.17, 15) is 4.79 Å². The second-order valence-electron chi connectivity index (χ2n) is 5.23. The highest BCUT2D eigenvalue weighted by Gasteiger charge is 2.06. The first-order chi connectivity index (χ1) is 11.1. The van der Waals surface area contributed by atoms with Gasteiger partial charge in [-0.25, -0.2) is 4.99 Å². The third-order valence-corrected chi connectivity index (χ3v) is 3.18. The number of benzene rings is 1. The molecule has 1 aromatic heterocycles. The Morgan fingerprint density at radius 2 is 1.88 bits per heavy atom. The summed E-state index contributed by atoms with van der Waals surface area (Å²) in [4.78, 5) is 17.8. The molecule has 2 aromatic rings. The normalized spacial score (nSPS) is 10.7. The van der Waals surface area contributed by atoms with Crippen LogP contribution >= 0.6 is 24.0 Å². The molecule has 0 unspecified atom stereocenters. The van der Waals surface area contributed by atoms with Crippen LogP contribution in [0.25, 0.3) is 0 Å². The van der Waals surface area contributed by atoms with Gasteiger partial charge in [0.15, 0.2) is 5.96 Å². The molecule has 1 amide bonds. The third kappa shape index (κ3) is 7.03. The molecule has 7 heteroatoms. The lowest BCUT2D eigenvalue weighted by Crippen LogP contribution is -2.42. The number of carbonyl (C=O) groups excluding carboxylic acids is 1. The lowest BCUT2D eigenvalue weighted by molar-refractivity contribution is -0.127. The first kappa shape index (κ1) is 20.0. The van der Waals surface area contributed by atoms with E-state index in [1.54, 1.807) is 20.4 Å². The van der Waals surface area contributed by atoms with Crippen molar-refractivity contribution in [3.05, 3.63) is 60.1 Å². The second kappa shape index (κ2) is 10.7. The number of hydrogen-bond acceptors (Lipinski definition) is 3. The molecule has 0 atom stereocenters. The molecular weight excluding hydrogens is 419 g/mol. The molecule has 0 saturated carbocycles. The van der Waals surface area contributed by atoms with Gasteiger partial charge >= 0.3 is 0 Å². The molecule has 2 rings (SSSR count). The van der Waals surface area contributed by atoms with Gasteiger partial charge in [-0.15, -0.1) is 24.0 Å². The molecule has 6 nitrogen and oxygen atoms in total. The van der Waals surface area contributed by atoms with E-state index in [2.05, 4.69) is 15.6 Å². The fraction of sp³-hybridized carbons (Fsp3) is 0.294. The average Bonchev–Trinajstić information content (AvgIpc) is 3.08. The Morgan fingerprint density at radius 3 is 2.50 bits per heavy atom. The fourth-order valence-corrected chi connectivity index (χ4v) is 1.83. The number of nitrogens with one attached hydrogen (secondary N) is 2. The van der Waals surface area contributed by atoms with E-state index in [4.69, 9.17) is 4.42 Å². The van der Waals surface area contributed by atoms with Crippen molar-refractivity contribution < 1.29 is 9.21 Å². The van der Waals surface area contributed by atoms with Gasteiger partial charge in [-0.3, -0.25) is 4.79 Å². The highest BCUT2D eigenvalue weighted by Crippen LogP contribution is 2.01. The number of likely N-dealkylation sites (N-methyl/N-ethyl adjacent to an activating group) is 1. The van der Waals surface area contributed by atoms with Crippen molar-refractivity contribution in [2.24, 2.45) is 4.99 Å². The summed E-state index contributed by atoms with van der Waals surface area (Å²) in [5.41, 5.74) is 1.10. The maximum Gasteiger partial charge on any atom is 0.241 e. The molecule has 2 N–H and O–H groups in total. The Bertz CT molecular complexity index is 627. The standard InChI is InChI=1S/C17H22N4O2.HI/c1-21(2)16(22)13-20-17(19-12-15-9-6-10-23-15)18-11-14-7-4-3-5-8-14;/h3-10H,11-13H2,1-2H3,(H2,18,19,20);1H. The predicted octanol–water partition coefficient (Wildman–Crippen LogP) is 2.22. The molecule has 24 heavy (non-hydrogen) atoms. The van der Waals surface area contributed by atoms with Gasteiger partial charge in [-0.05, 0) is 17.7 Å². The highest BCUT2D eigenvalue weighted by molar-refractivity contribution is 14.0. The van der Waals surface area contributed by atoms with E-state index in [1.165, 1.54) is 4.90 Å². The summed E-state index contributed by atoms with van der Waals surface area (Å²) < 4.78 is 5.29. The van der Waals surface area contributed by atoms with E-state index in [-0.39, 0.29) is 36.4 Å². The number of aliphatic imine (C=N–C) groups is 1. The Balaban J connectivity index is 0.00000288. The number of furan rings is 1. The van der Waals surface area contributed by atoms with Crippen molar-refractivity contribution in [2.45, 2.75) is 13.1 Å². The molecule has 1 aromatic carbocycles. The Kier molecular flexibility index (Phi) is 8.92. The number of guanidine groups is 1. The molecule has 1 heterocycles. The van der Waals surface area contributed by atoms with Gasteiger partial charge in [-0.2, -0.15) is 0 Å². The molecule has 0 saturated heterocycles. The maximum absolute atomic E-state index is 11.7. The zero-order valence-corrected chi connectivity index (χ0v) is 16.2. The summed E-state index contributed by atoms with van der Waals surface area (Å²) in [5, 5.41) is 6.20. The van der Waals surface area contributed by atoms with Gasteiger partial charge in [0.25, 0.3) is 0 Å². The van der Waals surface area contributed by atoms with Gasteiger partial charge in [0.2, 0.25) is 5.91 Å². The van der Waals surface area contributed by atoms with Crippen molar-refractivity contribution in [1.82, 2.24) is 15.5 Å². The monoisotopic (exact) mass is 442 g/mol. The molecule has 0 aliphatic rings. The zero-order valence-electron chi connectivity index (χ0n) is 13.9. The quantitative estimate of drug-likeness (QED) is 0.409. The van der Waals surface area contributed by atoms with Gasteiger partial charge in [0.1, 0.15) is 5.76 Å². The maximum atomic E-state index is 11.7. The fourth-order valence-electron chi connectivity index (χ4n) is 1.83. The number of carbonyl (C=O) groups is 1. The molecular formula is C17H23IN4O2. The smallest absolute Gasteiger partial charge is 0.241 e. The summed E-state index contributed by atoms with van der Waals surface area (Å²) in [7, 11) is 3.45. The minimum absolute atomic E-state index is 0. The van der Waals surface area contributed by atoms with E-state index in [1.807, 2.05) is 42.5 Å². The molecule has 0 radical (unpaired) electrons. The van der Waals surface area contributed by atoms with Crippen LogP contribution in [0.4, 0.5) is 0 Å². The average molecular weight is 442 g/mol. The minimum Gasteiger partial charge on any atom is -0.467 e.